The Kier molecular flexibility index (Phi) is 14.1. The van der Waals surface area contributed by atoms with Crippen molar-refractivity contribution in [2.75, 3.05) is 26.1 Å². The van der Waals surface area contributed by atoms with Gasteiger partial charge in [-0.1, -0.05) is 38.3 Å². The topological polar surface area (TPSA) is 138 Å². The fraction of sp³-hybridized carbons (Fsp3) is 0.711. The van der Waals surface area contributed by atoms with E-state index in [0.29, 0.717) is 13.0 Å². The van der Waals surface area contributed by atoms with Gasteiger partial charge in [-0.25, -0.2) is 8.42 Å². The molecule has 3 heterocycles. The number of rotatable bonds is 16. The number of hydrogen-bond acceptors (Lipinski definition) is 10. The Morgan fingerprint density at radius 1 is 1.02 bits per heavy atom. The lowest BCUT2D eigenvalue weighted by atomic mass is 9.83. The summed E-state index contributed by atoms with van der Waals surface area (Å²) in [6, 6.07) is 8.35. The van der Waals surface area contributed by atoms with E-state index >= 15 is 0 Å². The highest BCUT2D eigenvalue weighted by Gasteiger charge is 2.49. The highest BCUT2D eigenvalue weighted by atomic mass is 32.2. The van der Waals surface area contributed by atoms with Crippen LogP contribution < -0.4 is 0 Å². The second-order valence-electron chi connectivity index (χ2n) is 15.2. The summed E-state index contributed by atoms with van der Waals surface area (Å²) in [6.07, 6.45) is 2.06. The highest BCUT2D eigenvalue weighted by molar-refractivity contribution is 7.91. The zero-order valence-corrected chi connectivity index (χ0v) is 30.7. The first-order valence-electron chi connectivity index (χ1n) is 17.7. The number of carbonyl (C=O) groups excluding carboxylic acids is 1. The number of benzene rings is 1. The lowest BCUT2D eigenvalue weighted by molar-refractivity contribution is -0.153. The summed E-state index contributed by atoms with van der Waals surface area (Å²) in [7, 11) is -2.15. The van der Waals surface area contributed by atoms with Crippen LogP contribution >= 0.6 is 0 Å². The summed E-state index contributed by atoms with van der Waals surface area (Å²) in [5.41, 5.74) is 1.51. The normalized spacial score (nSPS) is 31.6. The van der Waals surface area contributed by atoms with E-state index in [-0.39, 0.29) is 53.4 Å². The van der Waals surface area contributed by atoms with Gasteiger partial charge in [-0.15, -0.1) is 0 Å². The Morgan fingerprint density at radius 3 is 2.37 bits per heavy atom. The zero-order chi connectivity index (χ0) is 35.9. The van der Waals surface area contributed by atoms with E-state index in [4.69, 9.17) is 23.7 Å². The number of esters is 1. The van der Waals surface area contributed by atoms with E-state index in [1.165, 1.54) is 7.11 Å². The molecular weight excluding hydrogens is 648 g/mol. The third-order valence-electron chi connectivity index (χ3n) is 10.2. The van der Waals surface area contributed by atoms with Crippen LogP contribution in [0.3, 0.4) is 0 Å². The van der Waals surface area contributed by atoms with Gasteiger partial charge >= 0.3 is 5.97 Å². The maximum Gasteiger partial charge on any atom is 0.311 e. The number of aliphatic hydroxyl groups excluding tert-OH is 2. The summed E-state index contributed by atoms with van der Waals surface area (Å²) in [5.74, 6) is -0.720. The van der Waals surface area contributed by atoms with Crippen molar-refractivity contribution in [2.24, 2.45) is 17.3 Å². The average molecular weight is 707 g/mol. The Balaban J connectivity index is 1.37. The van der Waals surface area contributed by atoms with Crippen LogP contribution in [-0.4, -0.2) is 99.5 Å². The summed E-state index contributed by atoms with van der Waals surface area (Å²) >= 11 is 0. The lowest BCUT2D eigenvalue weighted by Crippen LogP contribution is -2.40. The maximum absolute atomic E-state index is 13.5. The number of carbonyl (C=O) groups is 1. The molecule has 276 valence electrons. The Bertz CT molecular complexity index is 1360. The molecule has 4 rings (SSSR count). The third-order valence-corrected chi connectivity index (χ3v) is 12.0. The van der Waals surface area contributed by atoms with E-state index in [2.05, 4.69) is 20.1 Å². The Morgan fingerprint density at radius 2 is 1.71 bits per heavy atom. The minimum absolute atomic E-state index is 0.0455. The largest absolute Gasteiger partial charge is 0.465 e. The van der Waals surface area contributed by atoms with Gasteiger partial charge in [0.1, 0.15) is 0 Å². The molecule has 0 aromatic heterocycles. The van der Waals surface area contributed by atoms with Gasteiger partial charge in [-0.2, -0.15) is 0 Å². The van der Waals surface area contributed by atoms with Crippen LogP contribution in [0.2, 0.25) is 0 Å². The van der Waals surface area contributed by atoms with Crippen LogP contribution in [0.25, 0.3) is 0 Å². The number of sulfone groups is 1. The Hall–Kier alpha value is -2.12. The molecule has 3 saturated heterocycles. The minimum Gasteiger partial charge on any atom is -0.465 e. The Labute approximate surface area is 293 Å². The number of ether oxygens (including phenoxy) is 5. The van der Waals surface area contributed by atoms with Crippen molar-refractivity contribution >= 4 is 15.8 Å². The van der Waals surface area contributed by atoms with Crippen LogP contribution in [-0.2, 0) is 38.3 Å². The fourth-order valence-corrected chi connectivity index (χ4v) is 8.95. The molecule has 2 N–H and O–H groups in total. The van der Waals surface area contributed by atoms with Crippen LogP contribution in [0.15, 0.2) is 59.5 Å². The molecule has 0 bridgehead atoms. The second-order valence-corrected chi connectivity index (χ2v) is 17.2. The van der Waals surface area contributed by atoms with Gasteiger partial charge in [-0.3, -0.25) is 4.79 Å². The quantitative estimate of drug-likeness (QED) is 0.134. The van der Waals surface area contributed by atoms with Crippen LogP contribution in [0.4, 0.5) is 0 Å². The highest BCUT2D eigenvalue weighted by Crippen LogP contribution is 2.41. The molecule has 3 aliphatic heterocycles. The molecule has 10 atom stereocenters. The fourth-order valence-electron chi connectivity index (χ4n) is 7.27. The van der Waals surface area contributed by atoms with Crippen molar-refractivity contribution in [2.45, 2.75) is 133 Å². The predicted octanol–water partition coefficient (Wildman–Crippen LogP) is 5.21. The van der Waals surface area contributed by atoms with Gasteiger partial charge in [0.2, 0.25) is 0 Å². The smallest absolute Gasteiger partial charge is 0.311 e. The lowest BCUT2D eigenvalue weighted by Gasteiger charge is -2.38. The van der Waals surface area contributed by atoms with Crippen LogP contribution in [0.5, 0.6) is 0 Å². The molecule has 3 aliphatic rings. The van der Waals surface area contributed by atoms with E-state index in [1.807, 2.05) is 20.8 Å². The first-order valence-corrected chi connectivity index (χ1v) is 19.4. The van der Waals surface area contributed by atoms with Gasteiger partial charge in [0.05, 0.1) is 78.1 Å². The molecule has 0 saturated carbocycles. The average Bonchev–Trinajstić information content (AvgIpc) is 3.57. The molecule has 1 aromatic carbocycles. The first kappa shape index (κ1) is 39.7. The molecule has 49 heavy (non-hydrogen) atoms. The molecule has 11 heteroatoms. The van der Waals surface area contributed by atoms with Gasteiger partial charge in [0.25, 0.3) is 0 Å². The number of hydrogen-bond donors (Lipinski definition) is 2. The second kappa shape index (κ2) is 17.4. The molecule has 0 aliphatic carbocycles. The van der Waals surface area contributed by atoms with E-state index in [9.17, 15) is 23.4 Å². The number of methoxy groups -OCH3 is 1. The SMILES string of the molecule is C=C1C[C@H](CCCOC(=O)C(C)(C)C)O[C@H]1CC[C@H]1C[C@@H](C)C(=C)[C@@H](C[C@@H]2O[C@H](CC(O)CO)[C@H](OC)[C@H]2CS(=O)(=O)c2ccccc2)O1. The van der Waals surface area contributed by atoms with Gasteiger partial charge in [0.15, 0.2) is 9.84 Å². The first-order chi connectivity index (χ1) is 23.1. The van der Waals surface area contributed by atoms with Crippen molar-refractivity contribution in [1.82, 2.24) is 0 Å². The zero-order valence-electron chi connectivity index (χ0n) is 29.9. The molecule has 0 radical (unpaired) electrons. The van der Waals surface area contributed by atoms with Crippen molar-refractivity contribution < 1.29 is 47.1 Å². The van der Waals surface area contributed by atoms with E-state index in [0.717, 1.165) is 49.7 Å². The molecule has 0 amide bonds. The predicted molar refractivity (Wildman–Crippen MR) is 187 cm³/mol. The van der Waals surface area contributed by atoms with Gasteiger partial charge in [-0.05, 0) is 88.5 Å². The molecule has 0 spiro atoms. The summed E-state index contributed by atoms with van der Waals surface area (Å²) in [6.45, 7) is 16.3. The molecule has 10 nitrogen and oxygen atoms in total. The van der Waals surface area contributed by atoms with Gasteiger partial charge < -0.3 is 33.9 Å². The van der Waals surface area contributed by atoms with Crippen LogP contribution in [0, 0.1) is 17.3 Å². The maximum atomic E-state index is 13.5. The molecule has 1 aromatic rings. The van der Waals surface area contributed by atoms with Crippen molar-refractivity contribution in [1.29, 1.82) is 0 Å². The van der Waals surface area contributed by atoms with Gasteiger partial charge in [0, 0.05) is 25.9 Å². The van der Waals surface area contributed by atoms with Crippen LogP contribution in [0.1, 0.15) is 79.1 Å². The van der Waals surface area contributed by atoms with Crippen molar-refractivity contribution in [3.05, 3.63) is 54.6 Å². The monoisotopic (exact) mass is 706 g/mol. The number of aliphatic hydroxyl groups is 2. The van der Waals surface area contributed by atoms with Crippen molar-refractivity contribution in [3.8, 4) is 0 Å². The van der Waals surface area contributed by atoms with E-state index in [1.54, 1.807) is 30.3 Å². The molecule has 3 fully saturated rings. The standard InChI is InChI=1S/C38H58O10S/c1-24-18-29(15-16-32-25(2)19-28(46-32)12-11-17-45-37(41)38(4,5)6)47-33(26(24)3)21-34-31(23-49(42,43)30-13-9-8-10-14-30)36(44-7)35(48-34)20-27(40)22-39/h8-10,13-14,24,27-29,31-36,39-40H,2-3,11-12,15-23H2,1,4-7H3/t24-,27?,28+,29+,31+,32+,33-,34+,35-,36-/m1/s1. The van der Waals surface area contributed by atoms with Crippen molar-refractivity contribution in [3.63, 3.8) is 0 Å². The third kappa shape index (κ3) is 10.7. The summed E-state index contributed by atoms with van der Waals surface area (Å²) in [5, 5.41) is 19.8. The summed E-state index contributed by atoms with van der Waals surface area (Å²) < 4.78 is 57.8. The molecular formula is C38H58O10S. The minimum atomic E-state index is -3.68. The molecule has 1 unspecified atom stereocenters. The van der Waals surface area contributed by atoms with E-state index < -0.39 is 52.2 Å². The summed E-state index contributed by atoms with van der Waals surface area (Å²) in [4.78, 5) is 12.3.